The number of nitrogens with two attached hydrogens (primary N) is 1. The number of carbonyl (C=O) groups is 1. The Morgan fingerprint density at radius 3 is 2.82 bits per heavy atom. The van der Waals surface area contributed by atoms with E-state index in [-0.39, 0.29) is 11.8 Å². The van der Waals surface area contributed by atoms with E-state index in [9.17, 15) is 4.79 Å². The van der Waals surface area contributed by atoms with Crippen molar-refractivity contribution in [2.24, 2.45) is 11.7 Å². The van der Waals surface area contributed by atoms with Crippen molar-refractivity contribution in [3.05, 3.63) is 0 Å². The van der Waals surface area contributed by atoms with E-state index >= 15 is 0 Å². The maximum atomic E-state index is 11.4. The Kier molecular flexibility index (Phi) is 2.49. The Bertz CT molecular complexity index is 154. The van der Waals surface area contributed by atoms with Gasteiger partial charge in [-0.25, -0.2) is 0 Å². The molecule has 11 heavy (non-hydrogen) atoms. The van der Waals surface area contributed by atoms with E-state index in [2.05, 4.69) is 6.92 Å². The van der Waals surface area contributed by atoms with Crippen LogP contribution >= 0.6 is 0 Å². The molecule has 1 saturated heterocycles. The molecule has 0 aromatic heterocycles. The van der Waals surface area contributed by atoms with Gasteiger partial charge >= 0.3 is 0 Å². The summed E-state index contributed by atoms with van der Waals surface area (Å²) in [5.41, 5.74) is 5.45. The van der Waals surface area contributed by atoms with Gasteiger partial charge in [0.1, 0.15) is 0 Å². The first-order chi connectivity index (χ1) is 5.16. The number of amides is 1. The van der Waals surface area contributed by atoms with Crippen molar-refractivity contribution in [2.45, 2.75) is 25.8 Å². The molecule has 2 N–H and O–H groups in total. The summed E-state index contributed by atoms with van der Waals surface area (Å²) in [7, 11) is 1.86. The summed E-state index contributed by atoms with van der Waals surface area (Å²) in [4.78, 5) is 13.2. The quantitative estimate of drug-likeness (QED) is 0.589. The van der Waals surface area contributed by atoms with E-state index in [1.165, 1.54) is 0 Å². The fourth-order valence-corrected chi connectivity index (χ4v) is 1.48. The predicted octanol–water partition coefficient (Wildman–Crippen LogP) is 0.202. The molecule has 1 amide bonds. The van der Waals surface area contributed by atoms with Gasteiger partial charge in [0.15, 0.2) is 0 Å². The highest BCUT2D eigenvalue weighted by Crippen LogP contribution is 2.20. The Balaban J connectivity index is 2.59. The van der Waals surface area contributed by atoms with Crippen LogP contribution in [0, 0.1) is 5.92 Å². The van der Waals surface area contributed by atoms with Crippen LogP contribution in [0.2, 0.25) is 0 Å². The van der Waals surface area contributed by atoms with Gasteiger partial charge in [-0.2, -0.15) is 0 Å². The van der Waals surface area contributed by atoms with Gasteiger partial charge in [-0.1, -0.05) is 0 Å². The van der Waals surface area contributed by atoms with Gasteiger partial charge in [-0.3, -0.25) is 4.79 Å². The third kappa shape index (κ3) is 1.53. The van der Waals surface area contributed by atoms with Crippen LogP contribution in [0.25, 0.3) is 0 Å². The monoisotopic (exact) mass is 156 g/mol. The third-order valence-electron chi connectivity index (χ3n) is 2.58. The van der Waals surface area contributed by atoms with E-state index in [0.29, 0.717) is 12.6 Å². The molecule has 3 heteroatoms. The minimum atomic E-state index is 0.0798. The Morgan fingerprint density at radius 1 is 1.64 bits per heavy atom. The summed E-state index contributed by atoms with van der Waals surface area (Å²) in [5.74, 6) is 0.294. The van der Waals surface area contributed by atoms with Crippen LogP contribution in [0.15, 0.2) is 0 Å². The Hall–Kier alpha value is -0.570. The molecule has 0 saturated carbocycles. The van der Waals surface area contributed by atoms with Crippen LogP contribution in [0.5, 0.6) is 0 Å². The van der Waals surface area contributed by atoms with Crippen LogP contribution in [-0.4, -0.2) is 30.4 Å². The van der Waals surface area contributed by atoms with Crippen molar-refractivity contribution in [3.8, 4) is 0 Å². The second-order valence-electron chi connectivity index (χ2n) is 3.31. The second kappa shape index (κ2) is 3.22. The minimum Gasteiger partial charge on any atom is -0.343 e. The number of rotatable bonds is 1. The molecule has 64 valence electrons. The zero-order valence-corrected chi connectivity index (χ0v) is 7.21. The average Bonchev–Trinajstić information content (AvgIpc) is 2.01. The molecular weight excluding hydrogens is 140 g/mol. The summed E-state index contributed by atoms with van der Waals surface area (Å²) in [6.07, 6.45) is 2.05. The highest BCUT2D eigenvalue weighted by molar-refractivity contribution is 5.79. The summed E-state index contributed by atoms with van der Waals surface area (Å²) in [6.45, 7) is 2.57. The lowest BCUT2D eigenvalue weighted by molar-refractivity contribution is -0.139. The van der Waals surface area contributed by atoms with Gasteiger partial charge in [-0.15, -0.1) is 0 Å². The lowest BCUT2D eigenvalue weighted by Gasteiger charge is -2.34. The van der Waals surface area contributed by atoms with Crippen molar-refractivity contribution >= 4 is 5.91 Å². The minimum absolute atomic E-state index is 0.0798. The van der Waals surface area contributed by atoms with Gasteiger partial charge in [0.05, 0.1) is 5.92 Å². The van der Waals surface area contributed by atoms with E-state index in [4.69, 9.17) is 5.73 Å². The van der Waals surface area contributed by atoms with Gasteiger partial charge in [-0.05, 0) is 19.8 Å². The van der Waals surface area contributed by atoms with Crippen molar-refractivity contribution in [1.82, 2.24) is 4.90 Å². The topological polar surface area (TPSA) is 46.3 Å². The van der Waals surface area contributed by atoms with Crippen molar-refractivity contribution in [3.63, 3.8) is 0 Å². The highest BCUT2D eigenvalue weighted by Gasteiger charge is 2.29. The molecule has 1 fully saturated rings. The summed E-state index contributed by atoms with van der Waals surface area (Å²) < 4.78 is 0. The molecule has 1 heterocycles. The molecule has 1 aliphatic rings. The average molecular weight is 156 g/mol. The van der Waals surface area contributed by atoms with E-state index < -0.39 is 0 Å². The normalized spacial score (nSPS) is 32.6. The van der Waals surface area contributed by atoms with Gasteiger partial charge in [0.2, 0.25) is 5.91 Å². The lowest BCUT2D eigenvalue weighted by atomic mass is 9.93. The summed E-state index contributed by atoms with van der Waals surface area (Å²) in [6, 6.07) is 0.394. The molecule has 0 aromatic carbocycles. The van der Waals surface area contributed by atoms with Gasteiger partial charge in [0.25, 0.3) is 0 Å². The molecule has 0 radical (unpaired) electrons. The summed E-state index contributed by atoms with van der Waals surface area (Å²) in [5, 5.41) is 0. The summed E-state index contributed by atoms with van der Waals surface area (Å²) >= 11 is 0. The zero-order valence-electron chi connectivity index (χ0n) is 7.21. The predicted molar refractivity (Wildman–Crippen MR) is 44.0 cm³/mol. The molecule has 0 aromatic rings. The third-order valence-corrected chi connectivity index (χ3v) is 2.58. The van der Waals surface area contributed by atoms with Crippen LogP contribution in [0.4, 0.5) is 0 Å². The van der Waals surface area contributed by atoms with Crippen molar-refractivity contribution in [2.75, 3.05) is 13.6 Å². The molecule has 1 aliphatic heterocycles. The van der Waals surface area contributed by atoms with Crippen molar-refractivity contribution < 1.29 is 4.79 Å². The molecular formula is C8H16N2O. The standard InChI is InChI=1S/C8H16N2O/c1-6-3-4-7(5-9)8(11)10(6)2/h6-7H,3-5,9H2,1-2H3/t6-,7-/m1/s1. The number of carbonyl (C=O) groups excluding carboxylic acids is 1. The first-order valence-electron chi connectivity index (χ1n) is 4.13. The largest absolute Gasteiger partial charge is 0.343 e. The number of nitrogens with zero attached hydrogens (tertiary/aromatic N) is 1. The second-order valence-corrected chi connectivity index (χ2v) is 3.31. The first kappa shape index (κ1) is 8.53. The zero-order chi connectivity index (χ0) is 8.43. The fraction of sp³-hybridized carbons (Fsp3) is 0.875. The van der Waals surface area contributed by atoms with Gasteiger partial charge < -0.3 is 10.6 Å². The molecule has 0 bridgehead atoms. The van der Waals surface area contributed by atoms with Gasteiger partial charge in [0, 0.05) is 19.6 Å². The highest BCUT2D eigenvalue weighted by atomic mass is 16.2. The first-order valence-corrected chi connectivity index (χ1v) is 4.13. The lowest BCUT2D eigenvalue weighted by Crippen LogP contribution is -2.46. The number of hydrogen-bond acceptors (Lipinski definition) is 2. The number of hydrogen-bond donors (Lipinski definition) is 1. The number of piperidine rings is 1. The van der Waals surface area contributed by atoms with E-state index in [0.717, 1.165) is 12.8 Å². The number of likely N-dealkylation sites (tertiary alicyclic amines) is 1. The van der Waals surface area contributed by atoms with Crippen LogP contribution in [0.1, 0.15) is 19.8 Å². The van der Waals surface area contributed by atoms with Crippen LogP contribution in [0.3, 0.4) is 0 Å². The SMILES string of the molecule is C[C@@H]1CC[C@H](CN)C(=O)N1C. The van der Waals surface area contributed by atoms with E-state index in [1.807, 2.05) is 7.05 Å². The molecule has 0 aliphatic carbocycles. The Labute approximate surface area is 67.5 Å². The van der Waals surface area contributed by atoms with Crippen molar-refractivity contribution in [1.29, 1.82) is 0 Å². The van der Waals surface area contributed by atoms with E-state index in [1.54, 1.807) is 4.90 Å². The molecule has 0 spiro atoms. The fourth-order valence-electron chi connectivity index (χ4n) is 1.48. The smallest absolute Gasteiger partial charge is 0.226 e. The van der Waals surface area contributed by atoms with Crippen LogP contribution < -0.4 is 5.73 Å². The molecule has 1 rings (SSSR count). The maximum Gasteiger partial charge on any atom is 0.226 e. The maximum absolute atomic E-state index is 11.4. The molecule has 0 unspecified atom stereocenters. The van der Waals surface area contributed by atoms with Crippen LogP contribution in [-0.2, 0) is 4.79 Å². The Morgan fingerprint density at radius 2 is 2.27 bits per heavy atom. The molecule has 2 atom stereocenters. The molecule has 3 nitrogen and oxygen atoms in total.